The molecule has 1 aromatic carbocycles. The maximum absolute atomic E-state index is 12.2. The first-order valence-corrected chi connectivity index (χ1v) is 7.57. The molecule has 0 bridgehead atoms. The fraction of sp³-hybridized carbons (Fsp3) is 0.562. The predicted molar refractivity (Wildman–Crippen MR) is 84.3 cm³/mol. The number of nitrogen functional groups attached to an aromatic ring is 1. The monoisotopic (exact) mass is 291 g/mol. The second kappa shape index (κ2) is 7.31. The van der Waals surface area contributed by atoms with Gasteiger partial charge < -0.3 is 15.4 Å². The van der Waals surface area contributed by atoms with E-state index in [2.05, 4.69) is 11.8 Å². The number of para-hydroxylation sites is 2. The van der Waals surface area contributed by atoms with Crippen LogP contribution < -0.4 is 10.5 Å². The molecule has 2 N–H and O–H groups in total. The molecule has 1 aliphatic heterocycles. The second-order valence-corrected chi connectivity index (χ2v) is 5.53. The minimum absolute atomic E-state index is 0.0128. The van der Waals surface area contributed by atoms with E-state index in [-0.39, 0.29) is 12.5 Å². The number of carbonyl (C=O) groups is 1. The van der Waals surface area contributed by atoms with Crippen molar-refractivity contribution >= 4 is 11.6 Å². The van der Waals surface area contributed by atoms with E-state index in [1.165, 1.54) is 6.42 Å². The van der Waals surface area contributed by atoms with Crippen molar-refractivity contribution in [3.05, 3.63) is 24.3 Å². The topological polar surface area (TPSA) is 58.8 Å². The summed E-state index contributed by atoms with van der Waals surface area (Å²) in [6, 6.07) is 7.71. The van der Waals surface area contributed by atoms with E-state index < -0.39 is 0 Å². The number of ether oxygens (including phenoxy) is 1. The Morgan fingerprint density at radius 1 is 1.48 bits per heavy atom. The molecule has 0 aliphatic carbocycles. The van der Waals surface area contributed by atoms with Gasteiger partial charge in [0.1, 0.15) is 5.75 Å². The number of hydrogen-bond acceptors (Lipinski definition) is 4. The fourth-order valence-electron chi connectivity index (χ4n) is 2.80. The van der Waals surface area contributed by atoms with Crippen molar-refractivity contribution in [2.24, 2.45) is 0 Å². The average Bonchev–Trinajstić information content (AvgIpc) is 2.93. The molecule has 1 heterocycles. The highest BCUT2D eigenvalue weighted by atomic mass is 16.5. The van der Waals surface area contributed by atoms with Crippen LogP contribution in [-0.4, -0.2) is 55.0 Å². The number of carbonyl (C=O) groups excluding carboxylic acids is 1. The predicted octanol–water partition coefficient (Wildman–Crippen LogP) is 1.59. The number of nitrogens with two attached hydrogens (primary N) is 1. The number of hydrogen-bond donors (Lipinski definition) is 1. The van der Waals surface area contributed by atoms with Gasteiger partial charge in [0, 0.05) is 19.6 Å². The first kappa shape index (κ1) is 15.6. The van der Waals surface area contributed by atoms with Crippen LogP contribution in [0.4, 0.5) is 5.69 Å². The number of benzene rings is 1. The average molecular weight is 291 g/mol. The standard InChI is InChI=1S/C16H25N3O2/c1-3-19-10-6-7-13(19)11-18(2)16(20)12-21-15-9-5-4-8-14(15)17/h4-5,8-9,13H,3,6-7,10-12,17H2,1-2H3. The smallest absolute Gasteiger partial charge is 0.260 e. The largest absolute Gasteiger partial charge is 0.482 e. The van der Waals surface area contributed by atoms with Crippen molar-refractivity contribution in [2.75, 3.05) is 39.0 Å². The normalized spacial score (nSPS) is 18.7. The van der Waals surface area contributed by atoms with Crippen LogP contribution in [0, 0.1) is 0 Å². The summed E-state index contributed by atoms with van der Waals surface area (Å²) in [6.07, 6.45) is 2.38. The summed E-state index contributed by atoms with van der Waals surface area (Å²) >= 11 is 0. The second-order valence-electron chi connectivity index (χ2n) is 5.53. The highest BCUT2D eigenvalue weighted by Crippen LogP contribution is 2.20. The van der Waals surface area contributed by atoms with Crippen molar-refractivity contribution in [1.29, 1.82) is 0 Å². The van der Waals surface area contributed by atoms with E-state index in [1.54, 1.807) is 17.0 Å². The van der Waals surface area contributed by atoms with Crippen LogP contribution in [-0.2, 0) is 4.79 Å². The molecule has 1 aliphatic rings. The number of likely N-dealkylation sites (N-methyl/N-ethyl adjacent to an activating group) is 2. The van der Waals surface area contributed by atoms with Gasteiger partial charge in [-0.15, -0.1) is 0 Å². The highest BCUT2D eigenvalue weighted by Gasteiger charge is 2.25. The van der Waals surface area contributed by atoms with Crippen LogP contribution in [0.25, 0.3) is 0 Å². The zero-order valence-corrected chi connectivity index (χ0v) is 12.9. The van der Waals surface area contributed by atoms with E-state index in [1.807, 2.05) is 19.2 Å². The molecule has 2 rings (SSSR count). The van der Waals surface area contributed by atoms with Crippen LogP contribution in [0.1, 0.15) is 19.8 Å². The lowest BCUT2D eigenvalue weighted by molar-refractivity contribution is -0.132. The first-order valence-electron chi connectivity index (χ1n) is 7.57. The maximum Gasteiger partial charge on any atom is 0.260 e. The van der Waals surface area contributed by atoms with Crippen LogP contribution in [0.2, 0.25) is 0 Å². The molecule has 1 amide bonds. The number of likely N-dealkylation sites (tertiary alicyclic amines) is 1. The van der Waals surface area contributed by atoms with E-state index in [9.17, 15) is 4.79 Å². The van der Waals surface area contributed by atoms with Crippen LogP contribution in [0.5, 0.6) is 5.75 Å². The Balaban J connectivity index is 1.81. The minimum Gasteiger partial charge on any atom is -0.482 e. The Morgan fingerprint density at radius 3 is 2.95 bits per heavy atom. The molecule has 1 unspecified atom stereocenters. The molecular formula is C16H25N3O2. The molecule has 5 heteroatoms. The van der Waals surface area contributed by atoms with Crippen molar-refractivity contribution in [2.45, 2.75) is 25.8 Å². The van der Waals surface area contributed by atoms with Gasteiger partial charge in [-0.05, 0) is 38.1 Å². The molecule has 21 heavy (non-hydrogen) atoms. The van der Waals surface area contributed by atoms with Crippen molar-refractivity contribution in [1.82, 2.24) is 9.80 Å². The van der Waals surface area contributed by atoms with Crippen molar-refractivity contribution in [3.8, 4) is 5.75 Å². The molecule has 0 radical (unpaired) electrons. The third-order valence-electron chi connectivity index (χ3n) is 4.09. The Kier molecular flexibility index (Phi) is 5.44. The van der Waals surface area contributed by atoms with Gasteiger partial charge in [0.2, 0.25) is 0 Å². The van der Waals surface area contributed by atoms with Crippen LogP contribution in [0.15, 0.2) is 24.3 Å². The Bertz CT molecular complexity index is 478. The summed E-state index contributed by atoms with van der Waals surface area (Å²) in [5, 5.41) is 0. The van der Waals surface area contributed by atoms with Crippen molar-refractivity contribution in [3.63, 3.8) is 0 Å². The molecule has 5 nitrogen and oxygen atoms in total. The molecule has 1 atom stereocenters. The summed E-state index contributed by atoms with van der Waals surface area (Å²) in [7, 11) is 1.84. The van der Waals surface area contributed by atoms with E-state index in [0.717, 1.165) is 26.1 Å². The van der Waals surface area contributed by atoms with Gasteiger partial charge >= 0.3 is 0 Å². The summed E-state index contributed by atoms with van der Waals surface area (Å²) in [4.78, 5) is 16.3. The molecule has 1 fully saturated rings. The lowest BCUT2D eigenvalue weighted by Gasteiger charge is -2.27. The summed E-state index contributed by atoms with van der Waals surface area (Å²) in [5.74, 6) is 0.552. The molecule has 1 saturated heterocycles. The van der Waals surface area contributed by atoms with Crippen molar-refractivity contribution < 1.29 is 9.53 Å². The lowest BCUT2D eigenvalue weighted by Crippen LogP contribution is -2.42. The summed E-state index contributed by atoms with van der Waals surface area (Å²) in [6.45, 7) is 5.15. The van der Waals surface area contributed by atoms with E-state index in [0.29, 0.717) is 17.5 Å². The first-order chi connectivity index (χ1) is 10.1. The Hall–Kier alpha value is -1.75. The number of rotatable bonds is 6. The zero-order chi connectivity index (χ0) is 15.2. The molecule has 0 aromatic heterocycles. The molecule has 116 valence electrons. The van der Waals surface area contributed by atoms with Crippen LogP contribution >= 0.6 is 0 Å². The quantitative estimate of drug-likeness (QED) is 0.809. The molecular weight excluding hydrogens is 266 g/mol. The Morgan fingerprint density at radius 2 is 2.24 bits per heavy atom. The maximum atomic E-state index is 12.2. The van der Waals surface area contributed by atoms with Gasteiger partial charge in [-0.2, -0.15) is 0 Å². The summed E-state index contributed by atoms with van der Waals surface area (Å²) in [5.41, 5.74) is 6.35. The van der Waals surface area contributed by atoms with Crippen LogP contribution in [0.3, 0.4) is 0 Å². The number of anilines is 1. The molecule has 0 saturated carbocycles. The third kappa shape index (κ3) is 4.11. The minimum atomic E-state index is -0.0128. The Labute approximate surface area is 126 Å². The fourth-order valence-corrected chi connectivity index (χ4v) is 2.80. The van der Waals surface area contributed by atoms with Gasteiger partial charge in [-0.25, -0.2) is 0 Å². The number of nitrogens with zero attached hydrogens (tertiary/aromatic N) is 2. The third-order valence-corrected chi connectivity index (χ3v) is 4.09. The molecule has 1 aromatic rings. The lowest BCUT2D eigenvalue weighted by atomic mass is 10.2. The van der Waals surface area contributed by atoms with Gasteiger partial charge in [-0.1, -0.05) is 19.1 Å². The zero-order valence-electron chi connectivity index (χ0n) is 12.9. The van der Waals surface area contributed by atoms with Gasteiger partial charge in [0.05, 0.1) is 5.69 Å². The highest BCUT2D eigenvalue weighted by molar-refractivity contribution is 5.77. The van der Waals surface area contributed by atoms with E-state index in [4.69, 9.17) is 10.5 Å². The number of amides is 1. The SMILES string of the molecule is CCN1CCCC1CN(C)C(=O)COc1ccccc1N. The summed E-state index contributed by atoms with van der Waals surface area (Å²) < 4.78 is 5.51. The molecule has 0 spiro atoms. The van der Waals surface area contributed by atoms with Gasteiger partial charge in [0.25, 0.3) is 5.91 Å². The van der Waals surface area contributed by atoms with E-state index >= 15 is 0 Å². The van der Waals surface area contributed by atoms with Gasteiger partial charge in [-0.3, -0.25) is 9.69 Å². The van der Waals surface area contributed by atoms with Gasteiger partial charge in [0.15, 0.2) is 6.61 Å².